The van der Waals surface area contributed by atoms with Gasteiger partial charge in [0.1, 0.15) is 17.6 Å². The second-order valence-corrected chi connectivity index (χ2v) is 3.45. The monoisotopic (exact) mass is 210 g/mol. The number of rotatable bonds is 1. The molecular formula is C12H10N4. The third kappa shape index (κ3) is 1.89. The Morgan fingerprint density at radius 3 is 2.62 bits per heavy atom. The van der Waals surface area contributed by atoms with Gasteiger partial charge in [0.25, 0.3) is 0 Å². The fourth-order valence-corrected chi connectivity index (χ4v) is 1.45. The molecule has 0 amide bonds. The third-order valence-corrected chi connectivity index (χ3v) is 2.19. The first kappa shape index (κ1) is 10.2. The molecule has 0 atom stereocenters. The molecule has 0 aromatic carbocycles. The molecule has 0 aliphatic heterocycles. The van der Waals surface area contributed by atoms with E-state index >= 15 is 0 Å². The van der Waals surface area contributed by atoms with Crippen LogP contribution in [0.15, 0.2) is 24.4 Å². The molecule has 0 saturated carbocycles. The van der Waals surface area contributed by atoms with E-state index in [4.69, 9.17) is 5.26 Å². The van der Waals surface area contributed by atoms with Crippen molar-refractivity contribution in [1.29, 1.82) is 5.26 Å². The van der Waals surface area contributed by atoms with Crippen molar-refractivity contribution < 1.29 is 0 Å². The van der Waals surface area contributed by atoms with Gasteiger partial charge in [0.05, 0.1) is 5.69 Å². The second kappa shape index (κ2) is 4.07. The second-order valence-electron chi connectivity index (χ2n) is 3.45. The van der Waals surface area contributed by atoms with Gasteiger partial charge in [0, 0.05) is 17.5 Å². The third-order valence-electron chi connectivity index (χ3n) is 2.19. The topological polar surface area (TPSA) is 62.5 Å². The lowest BCUT2D eigenvalue weighted by molar-refractivity contribution is 1.05. The molecule has 0 N–H and O–H groups in total. The van der Waals surface area contributed by atoms with Gasteiger partial charge in [0.15, 0.2) is 0 Å². The Bertz CT molecular complexity index is 569. The van der Waals surface area contributed by atoms with E-state index in [1.807, 2.05) is 26.0 Å². The van der Waals surface area contributed by atoms with E-state index in [9.17, 15) is 0 Å². The predicted molar refractivity (Wildman–Crippen MR) is 59.5 cm³/mol. The highest BCUT2D eigenvalue weighted by Crippen LogP contribution is 2.19. The lowest BCUT2D eigenvalue weighted by Gasteiger charge is -2.03. The molecule has 0 fully saturated rings. The van der Waals surface area contributed by atoms with E-state index in [-0.39, 0.29) is 0 Å². The zero-order chi connectivity index (χ0) is 11.5. The number of hydrogen-bond donors (Lipinski definition) is 0. The van der Waals surface area contributed by atoms with Gasteiger partial charge in [-0.2, -0.15) is 5.26 Å². The van der Waals surface area contributed by atoms with Crippen LogP contribution in [0.5, 0.6) is 0 Å². The van der Waals surface area contributed by atoms with Crippen LogP contribution in [0.1, 0.15) is 17.2 Å². The summed E-state index contributed by atoms with van der Waals surface area (Å²) in [5.74, 6) is 0.682. The minimum atomic E-state index is 0.401. The number of aryl methyl sites for hydroxylation is 2. The summed E-state index contributed by atoms with van der Waals surface area (Å²) < 4.78 is 0. The lowest BCUT2D eigenvalue weighted by atomic mass is 10.1. The summed E-state index contributed by atoms with van der Waals surface area (Å²) in [5.41, 5.74) is 2.71. The average molecular weight is 210 g/mol. The molecule has 16 heavy (non-hydrogen) atoms. The Hall–Kier alpha value is -2.28. The molecule has 78 valence electrons. The van der Waals surface area contributed by atoms with E-state index in [2.05, 4.69) is 21.0 Å². The Labute approximate surface area is 93.6 Å². The Morgan fingerprint density at radius 1 is 1.12 bits per heavy atom. The van der Waals surface area contributed by atoms with Crippen molar-refractivity contribution in [3.8, 4) is 17.3 Å². The maximum Gasteiger partial charge on any atom is 0.150 e. The highest BCUT2D eigenvalue weighted by atomic mass is 14.9. The van der Waals surface area contributed by atoms with Crippen molar-refractivity contribution in [2.75, 3.05) is 0 Å². The molecule has 2 rings (SSSR count). The van der Waals surface area contributed by atoms with Crippen LogP contribution in [0.25, 0.3) is 11.3 Å². The van der Waals surface area contributed by atoms with Crippen molar-refractivity contribution in [3.63, 3.8) is 0 Å². The van der Waals surface area contributed by atoms with Crippen LogP contribution in [0.2, 0.25) is 0 Å². The van der Waals surface area contributed by atoms with Gasteiger partial charge < -0.3 is 0 Å². The van der Waals surface area contributed by atoms with Crippen LogP contribution in [0, 0.1) is 25.2 Å². The predicted octanol–water partition coefficient (Wildman–Crippen LogP) is 2.03. The van der Waals surface area contributed by atoms with E-state index < -0.39 is 0 Å². The summed E-state index contributed by atoms with van der Waals surface area (Å²) in [5, 5.41) is 9.02. The molecule has 4 heteroatoms. The Kier molecular flexibility index (Phi) is 2.61. The van der Waals surface area contributed by atoms with E-state index in [0.29, 0.717) is 11.5 Å². The van der Waals surface area contributed by atoms with Gasteiger partial charge in [-0.1, -0.05) is 0 Å². The SMILES string of the molecule is Cc1ccc(-c2ccnc(C)n2)c(C#N)n1. The molecular weight excluding hydrogens is 200 g/mol. The standard InChI is InChI=1S/C12H10N4/c1-8-3-4-10(12(7-13)15-8)11-5-6-14-9(2)16-11/h3-6H,1-2H3. The minimum Gasteiger partial charge on any atom is -0.242 e. The first-order chi connectivity index (χ1) is 7.70. The summed E-state index contributed by atoms with van der Waals surface area (Å²) in [7, 11) is 0. The summed E-state index contributed by atoms with van der Waals surface area (Å²) in [6, 6.07) is 7.59. The molecule has 2 aromatic heterocycles. The maximum absolute atomic E-state index is 9.02. The zero-order valence-electron chi connectivity index (χ0n) is 9.10. The molecule has 4 nitrogen and oxygen atoms in total. The van der Waals surface area contributed by atoms with Crippen molar-refractivity contribution in [2.24, 2.45) is 0 Å². The molecule has 2 heterocycles. The molecule has 0 aliphatic rings. The molecule has 0 unspecified atom stereocenters. The summed E-state index contributed by atoms with van der Waals surface area (Å²) in [6.07, 6.45) is 1.68. The van der Waals surface area contributed by atoms with Gasteiger partial charge in [-0.05, 0) is 32.0 Å². The van der Waals surface area contributed by atoms with Crippen molar-refractivity contribution in [1.82, 2.24) is 15.0 Å². The highest BCUT2D eigenvalue weighted by molar-refractivity contribution is 5.64. The number of nitrogens with zero attached hydrogens (tertiary/aromatic N) is 4. The van der Waals surface area contributed by atoms with Crippen LogP contribution < -0.4 is 0 Å². The molecule has 0 bridgehead atoms. The maximum atomic E-state index is 9.02. The first-order valence-electron chi connectivity index (χ1n) is 4.88. The summed E-state index contributed by atoms with van der Waals surface area (Å²) in [4.78, 5) is 12.5. The molecule has 0 radical (unpaired) electrons. The van der Waals surface area contributed by atoms with Gasteiger partial charge in [0.2, 0.25) is 0 Å². The van der Waals surface area contributed by atoms with E-state index in [1.165, 1.54) is 0 Å². The number of aromatic nitrogens is 3. The van der Waals surface area contributed by atoms with Gasteiger partial charge >= 0.3 is 0 Å². The fourth-order valence-electron chi connectivity index (χ4n) is 1.45. The minimum absolute atomic E-state index is 0.401. The smallest absolute Gasteiger partial charge is 0.150 e. The number of pyridine rings is 1. The van der Waals surface area contributed by atoms with Crippen LogP contribution >= 0.6 is 0 Å². The van der Waals surface area contributed by atoms with Crippen LogP contribution in [-0.2, 0) is 0 Å². The first-order valence-corrected chi connectivity index (χ1v) is 4.88. The lowest BCUT2D eigenvalue weighted by Crippen LogP contribution is -1.95. The highest BCUT2D eigenvalue weighted by Gasteiger charge is 2.07. The molecule has 0 aliphatic carbocycles. The van der Waals surface area contributed by atoms with Crippen LogP contribution in [0.4, 0.5) is 0 Å². The molecule has 0 spiro atoms. The van der Waals surface area contributed by atoms with Gasteiger partial charge in [-0.25, -0.2) is 15.0 Å². The normalized spacial score (nSPS) is 9.81. The van der Waals surface area contributed by atoms with Crippen LogP contribution in [0.3, 0.4) is 0 Å². The van der Waals surface area contributed by atoms with E-state index in [0.717, 1.165) is 17.0 Å². The quantitative estimate of drug-likeness (QED) is 0.722. The number of nitriles is 1. The van der Waals surface area contributed by atoms with Crippen LogP contribution in [-0.4, -0.2) is 15.0 Å². The largest absolute Gasteiger partial charge is 0.242 e. The molecule has 0 saturated heterocycles. The summed E-state index contributed by atoms with van der Waals surface area (Å²) in [6.45, 7) is 3.67. The Morgan fingerprint density at radius 2 is 1.94 bits per heavy atom. The van der Waals surface area contributed by atoms with Gasteiger partial charge in [-0.3, -0.25) is 0 Å². The zero-order valence-corrected chi connectivity index (χ0v) is 9.10. The Balaban J connectivity index is 2.61. The van der Waals surface area contributed by atoms with Crippen molar-refractivity contribution >= 4 is 0 Å². The fraction of sp³-hybridized carbons (Fsp3) is 0.167. The average Bonchev–Trinajstić information content (AvgIpc) is 2.28. The van der Waals surface area contributed by atoms with E-state index in [1.54, 1.807) is 12.3 Å². The van der Waals surface area contributed by atoms with Crippen molar-refractivity contribution in [3.05, 3.63) is 41.6 Å². The van der Waals surface area contributed by atoms with Gasteiger partial charge in [-0.15, -0.1) is 0 Å². The number of hydrogen-bond acceptors (Lipinski definition) is 4. The summed E-state index contributed by atoms with van der Waals surface area (Å²) >= 11 is 0. The van der Waals surface area contributed by atoms with Crippen molar-refractivity contribution in [2.45, 2.75) is 13.8 Å². The molecule has 2 aromatic rings.